The number of hydrogen-bond donors (Lipinski definition) is 1. The van der Waals surface area contributed by atoms with E-state index in [0.29, 0.717) is 11.6 Å². The van der Waals surface area contributed by atoms with Gasteiger partial charge in [0.05, 0.1) is 6.04 Å². The number of rotatable bonds is 8. The second kappa shape index (κ2) is 10.8. The van der Waals surface area contributed by atoms with Gasteiger partial charge in [-0.15, -0.1) is 0 Å². The van der Waals surface area contributed by atoms with Crippen molar-refractivity contribution >= 4 is 28.8 Å². The molecule has 0 bridgehead atoms. The van der Waals surface area contributed by atoms with Crippen molar-refractivity contribution in [2.75, 3.05) is 26.2 Å². The molecule has 6 heteroatoms. The topological polar surface area (TPSA) is 41.6 Å². The second-order valence-electron chi connectivity index (χ2n) is 7.83. The van der Waals surface area contributed by atoms with Crippen LogP contribution in [0.2, 0.25) is 5.02 Å². The van der Waals surface area contributed by atoms with Gasteiger partial charge in [-0.2, -0.15) is 11.3 Å². The van der Waals surface area contributed by atoms with Crippen molar-refractivity contribution in [3.8, 4) is 5.75 Å². The molecule has 1 aliphatic heterocycles. The van der Waals surface area contributed by atoms with Crippen molar-refractivity contribution in [1.29, 1.82) is 0 Å². The Morgan fingerprint density at radius 1 is 1.06 bits per heavy atom. The minimum atomic E-state index is -0.145. The number of thiophene rings is 1. The Morgan fingerprint density at radius 3 is 2.48 bits per heavy atom. The van der Waals surface area contributed by atoms with E-state index in [2.05, 4.69) is 21.7 Å². The Hall–Kier alpha value is -2.34. The van der Waals surface area contributed by atoms with Crippen LogP contribution in [0.3, 0.4) is 0 Å². The molecule has 0 spiro atoms. The summed E-state index contributed by atoms with van der Waals surface area (Å²) in [6.45, 7) is 3.38. The van der Waals surface area contributed by atoms with Crippen LogP contribution in [0.15, 0.2) is 71.4 Å². The number of para-hydroxylation sites is 1. The molecular weight excluding hydrogens is 428 g/mol. The molecule has 1 unspecified atom stereocenters. The monoisotopic (exact) mass is 454 g/mol. The molecule has 1 saturated heterocycles. The number of hydrogen-bond acceptors (Lipinski definition) is 4. The Bertz CT molecular complexity index is 939. The first-order valence-corrected chi connectivity index (χ1v) is 12.0. The van der Waals surface area contributed by atoms with E-state index in [0.717, 1.165) is 49.4 Å². The Kier molecular flexibility index (Phi) is 7.62. The quantitative estimate of drug-likeness (QED) is 0.495. The fourth-order valence-corrected chi connectivity index (χ4v) is 4.75. The fraction of sp³-hybridized carbons (Fsp3) is 0.320. The van der Waals surface area contributed by atoms with Gasteiger partial charge in [0.25, 0.3) is 0 Å². The van der Waals surface area contributed by atoms with Crippen LogP contribution < -0.4 is 10.1 Å². The van der Waals surface area contributed by atoms with Crippen LogP contribution in [0.5, 0.6) is 5.75 Å². The van der Waals surface area contributed by atoms with Crippen molar-refractivity contribution in [1.82, 2.24) is 10.2 Å². The van der Waals surface area contributed by atoms with Crippen molar-refractivity contribution in [3.63, 3.8) is 0 Å². The maximum atomic E-state index is 13.1. The maximum Gasteiger partial charge on any atom is 0.223 e. The van der Waals surface area contributed by atoms with E-state index in [1.54, 1.807) is 11.3 Å². The van der Waals surface area contributed by atoms with Gasteiger partial charge < -0.3 is 10.1 Å². The number of piperidine rings is 1. The molecule has 0 radical (unpaired) electrons. The van der Waals surface area contributed by atoms with Crippen molar-refractivity contribution in [3.05, 3.63) is 87.6 Å². The summed E-state index contributed by atoms with van der Waals surface area (Å²) in [5, 5.41) is 8.12. The van der Waals surface area contributed by atoms with Crippen LogP contribution in [-0.2, 0) is 4.79 Å². The standard InChI is InChI=1S/C25H27ClN2O2S/c26-22-8-6-19(7-9-22)24(21-12-17-31-18-21)27-25(29)20-10-13-28(14-11-20)15-16-30-23-4-2-1-3-5-23/h1-9,12,17-18,20,24H,10-11,13-16H2,(H,27,29). The molecule has 2 aromatic carbocycles. The molecule has 4 rings (SSSR count). The normalized spacial score (nSPS) is 16.0. The highest BCUT2D eigenvalue weighted by molar-refractivity contribution is 7.08. The summed E-state index contributed by atoms with van der Waals surface area (Å²) < 4.78 is 5.81. The van der Waals surface area contributed by atoms with Crippen LogP contribution in [0.4, 0.5) is 0 Å². The zero-order valence-electron chi connectivity index (χ0n) is 17.4. The van der Waals surface area contributed by atoms with Gasteiger partial charge in [-0.3, -0.25) is 9.69 Å². The minimum absolute atomic E-state index is 0.0414. The van der Waals surface area contributed by atoms with Gasteiger partial charge in [0.15, 0.2) is 0 Å². The number of carbonyl (C=O) groups excluding carboxylic acids is 1. The number of amides is 1. The third-order valence-corrected chi connectivity index (χ3v) is 6.70. The van der Waals surface area contributed by atoms with Gasteiger partial charge in [-0.25, -0.2) is 0 Å². The molecule has 162 valence electrons. The van der Waals surface area contributed by atoms with E-state index < -0.39 is 0 Å². The van der Waals surface area contributed by atoms with E-state index in [1.165, 1.54) is 0 Å². The van der Waals surface area contributed by atoms with Crippen molar-refractivity contribution < 1.29 is 9.53 Å². The third kappa shape index (κ3) is 6.10. The molecule has 31 heavy (non-hydrogen) atoms. The summed E-state index contributed by atoms with van der Waals surface area (Å²) >= 11 is 7.69. The minimum Gasteiger partial charge on any atom is -0.492 e. The molecule has 1 aliphatic rings. The Labute approximate surface area is 192 Å². The first-order chi connectivity index (χ1) is 15.2. The Morgan fingerprint density at radius 2 is 1.81 bits per heavy atom. The van der Waals surface area contributed by atoms with Crippen molar-refractivity contribution in [2.24, 2.45) is 5.92 Å². The first kappa shape index (κ1) is 21.9. The maximum absolute atomic E-state index is 13.1. The molecular formula is C25H27ClN2O2S. The summed E-state index contributed by atoms with van der Waals surface area (Å²) in [6.07, 6.45) is 1.74. The fourth-order valence-electron chi connectivity index (χ4n) is 3.94. The summed E-state index contributed by atoms with van der Waals surface area (Å²) in [7, 11) is 0. The summed E-state index contributed by atoms with van der Waals surface area (Å²) in [4.78, 5) is 15.4. The van der Waals surface area contributed by atoms with E-state index in [1.807, 2.05) is 60.0 Å². The lowest BCUT2D eigenvalue weighted by atomic mass is 9.94. The zero-order chi connectivity index (χ0) is 21.5. The highest BCUT2D eigenvalue weighted by Gasteiger charge is 2.27. The molecule has 1 aromatic heterocycles. The van der Waals surface area contributed by atoms with E-state index in [4.69, 9.17) is 16.3 Å². The largest absolute Gasteiger partial charge is 0.492 e. The van der Waals surface area contributed by atoms with Gasteiger partial charge >= 0.3 is 0 Å². The lowest BCUT2D eigenvalue weighted by Crippen LogP contribution is -2.42. The number of halogens is 1. The number of nitrogens with zero attached hydrogens (tertiary/aromatic N) is 1. The molecule has 1 atom stereocenters. The zero-order valence-corrected chi connectivity index (χ0v) is 18.9. The predicted molar refractivity (Wildman–Crippen MR) is 127 cm³/mol. The number of benzene rings is 2. The molecule has 1 amide bonds. The van der Waals surface area contributed by atoms with Gasteiger partial charge in [0, 0.05) is 17.5 Å². The molecule has 4 nitrogen and oxygen atoms in total. The summed E-state index contributed by atoms with van der Waals surface area (Å²) in [5.74, 6) is 1.07. The summed E-state index contributed by atoms with van der Waals surface area (Å²) in [6, 6.07) is 19.5. The molecule has 1 fully saturated rings. The first-order valence-electron chi connectivity index (χ1n) is 10.7. The highest BCUT2D eigenvalue weighted by Crippen LogP contribution is 2.27. The number of likely N-dealkylation sites (tertiary alicyclic amines) is 1. The lowest BCUT2D eigenvalue weighted by molar-refractivity contribution is -0.127. The van der Waals surface area contributed by atoms with Crippen LogP contribution in [0, 0.1) is 5.92 Å². The average Bonchev–Trinajstić information content (AvgIpc) is 3.34. The average molecular weight is 455 g/mol. The van der Waals surface area contributed by atoms with Crippen LogP contribution in [-0.4, -0.2) is 37.0 Å². The van der Waals surface area contributed by atoms with Crippen LogP contribution in [0.25, 0.3) is 0 Å². The SMILES string of the molecule is O=C(NC(c1ccc(Cl)cc1)c1ccsc1)C1CCN(CCOc2ccccc2)CC1. The number of nitrogens with one attached hydrogen (secondary N) is 1. The van der Waals surface area contributed by atoms with Gasteiger partial charge in [0.1, 0.15) is 12.4 Å². The molecule has 0 aliphatic carbocycles. The molecule has 3 aromatic rings. The van der Waals surface area contributed by atoms with Crippen molar-refractivity contribution in [2.45, 2.75) is 18.9 Å². The molecule has 1 N–H and O–H groups in total. The lowest BCUT2D eigenvalue weighted by Gasteiger charge is -2.32. The third-order valence-electron chi connectivity index (χ3n) is 5.74. The van der Waals surface area contributed by atoms with E-state index >= 15 is 0 Å². The second-order valence-corrected chi connectivity index (χ2v) is 9.04. The van der Waals surface area contributed by atoms with E-state index in [9.17, 15) is 4.79 Å². The van der Waals surface area contributed by atoms with Gasteiger partial charge in [-0.05, 0) is 78.2 Å². The molecule has 0 saturated carbocycles. The van der Waals surface area contributed by atoms with Gasteiger partial charge in [-0.1, -0.05) is 41.9 Å². The smallest absolute Gasteiger partial charge is 0.223 e. The van der Waals surface area contributed by atoms with Gasteiger partial charge in [0.2, 0.25) is 5.91 Å². The highest BCUT2D eigenvalue weighted by atomic mass is 35.5. The number of carbonyl (C=O) groups is 1. The molecule has 2 heterocycles. The summed E-state index contributed by atoms with van der Waals surface area (Å²) in [5.41, 5.74) is 2.16. The number of ether oxygens (including phenoxy) is 1. The van der Waals surface area contributed by atoms with Crippen LogP contribution in [0.1, 0.15) is 30.0 Å². The van der Waals surface area contributed by atoms with E-state index in [-0.39, 0.29) is 17.9 Å². The Balaban J connectivity index is 1.28. The van der Waals surface area contributed by atoms with Crippen LogP contribution >= 0.6 is 22.9 Å². The predicted octanol–water partition coefficient (Wildman–Crippen LogP) is 5.40.